The van der Waals surface area contributed by atoms with Crippen LogP contribution in [0.25, 0.3) is 0 Å². The molecule has 1 aliphatic rings. The van der Waals surface area contributed by atoms with Crippen LogP contribution in [0.4, 0.5) is 5.82 Å². The van der Waals surface area contributed by atoms with Gasteiger partial charge in [-0.05, 0) is 19.3 Å². The molecule has 0 radical (unpaired) electrons. The molecule has 1 aromatic rings. The molecule has 16 heavy (non-hydrogen) atoms. The molecule has 1 atom stereocenters. The number of imidazole rings is 1. The van der Waals surface area contributed by atoms with Crippen LogP contribution in [0, 0.1) is 12.3 Å². The summed E-state index contributed by atoms with van der Waals surface area (Å²) in [4.78, 5) is 4.70. The highest BCUT2D eigenvalue weighted by Crippen LogP contribution is 2.41. The third-order valence-corrected chi connectivity index (χ3v) is 3.34. The van der Waals surface area contributed by atoms with E-state index in [9.17, 15) is 0 Å². The molecule has 3 nitrogen and oxygen atoms in total. The van der Waals surface area contributed by atoms with Gasteiger partial charge in [-0.2, -0.15) is 0 Å². The van der Waals surface area contributed by atoms with Crippen molar-refractivity contribution in [1.29, 1.82) is 0 Å². The van der Waals surface area contributed by atoms with Crippen LogP contribution in [-0.4, -0.2) is 9.55 Å². The van der Waals surface area contributed by atoms with Crippen molar-refractivity contribution in [3.05, 3.63) is 11.5 Å². The van der Waals surface area contributed by atoms with Gasteiger partial charge < -0.3 is 10.3 Å². The first-order valence-corrected chi connectivity index (χ1v) is 5.98. The Morgan fingerprint density at radius 2 is 2.31 bits per heavy atom. The standard InChI is InChI=1S/C13H19N3/c1-4-8-16-12(14)11(9(3)5-2)15-13(16)10-6-7-10/h1,9-10H,5-8,14H2,2-3H3. The molecule has 2 N–H and O–H groups in total. The minimum absolute atomic E-state index is 0.413. The maximum atomic E-state index is 6.14. The van der Waals surface area contributed by atoms with Gasteiger partial charge in [0.2, 0.25) is 0 Å². The largest absolute Gasteiger partial charge is 0.384 e. The summed E-state index contributed by atoms with van der Waals surface area (Å²) >= 11 is 0. The molecular weight excluding hydrogens is 198 g/mol. The average molecular weight is 217 g/mol. The van der Waals surface area contributed by atoms with E-state index >= 15 is 0 Å². The van der Waals surface area contributed by atoms with Crippen molar-refractivity contribution in [1.82, 2.24) is 9.55 Å². The monoisotopic (exact) mass is 217 g/mol. The SMILES string of the molecule is C#CCn1c(C2CC2)nc(C(C)CC)c1N. The molecule has 1 fully saturated rings. The van der Waals surface area contributed by atoms with Crippen LogP contribution >= 0.6 is 0 Å². The van der Waals surface area contributed by atoms with E-state index in [0.29, 0.717) is 18.4 Å². The molecule has 1 heterocycles. The Balaban J connectivity index is 2.40. The normalized spacial score (nSPS) is 17.1. The molecule has 0 saturated heterocycles. The fraction of sp³-hybridized carbons (Fsp3) is 0.615. The van der Waals surface area contributed by atoms with E-state index in [-0.39, 0.29) is 0 Å². The van der Waals surface area contributed by atoms with Crippen molar-refractivity contribution >= 4 is 5.82 Å². The molecule has 3 heteroatoms. The summed E-state index contributed by atoms with van der Waals surface area (Å²) in [7, 11) is 0. The Kier molecular flexibility index (Phi) is 2.91. The molecule has 1 aromatic heterocycles. The molecule has 1 saturated carbocycles. The minimum Gasteiger partial charge on any atom is -0.384 e. The van der Waals surface area contributed by atoms with E-state index in [1.165, 1.54) is 12.8 Å². The number of nitrogens with two attached hydrogens (primary N) is 1. The van der Waals surface area contributed by atoms with E-state index in [0.717, 1.165) is 23.8 Å². The first-order valence-electron chi connectivity index (χ1n) is 5.98. The summed E-state index contributed by atoms with van der Waals surface area (Å²) in [6.45, 7) is 4.86. The number of anilines is 1. The highest BCUT2D eigenvalue weighted by atomic mass is 15.1. The number of rotatable bonds is 4. The van der Waals surface area contributed by atoms with Crippen LogP contribution in [0.1, 0.15) is 56.5 Å². The number of nitrogens with zero attached hydrogens (tertiary/aromatic N) is 2. The van der Waals surface area contributed by atoms with Crippen molar-refractivity contribution in [2.45, 2.75) is 51.5 Å². The van der Waals surface area contributed by atoms with Crippen LogP contribution in [0.15, 0.2) is 0 Å². The number of nitrogen functional groups attached to an aromatic ring is 1. The quantitative estimate of drug-likeness (QED) is 0.787. The molecule has 2 rings (SSSR count). The number of hydrogen-bond acceptors (Lipinski definition) is 2. The lowest BCUT2D eigenvalue weighted by Gasteiger charge is -2.07. The molecular formula is C13H19N3. The fourth-order valence-corrected chi connectivity index (χ4v) is 1.97. The van der Waals surface area contributed by atoms with Crippen molar-refractivity contribution in [3.8, 4) is 12.3 Å². The third-order valence-electron chi connectivity index (χ3n) is 3.34. The van der Waals surface area contributed by atoms with Gasteiger partial charge in [0.05, 0.1) is 12.2 Å². The summed E-state index contributed by atoms with van der Waals surface area (Å²) in [5, 5.41) is 0. The molecule has 0 spiro atoms. The van der Waals surface area contributed by atoms with Crippen molar-refractivity contribution < 1.29 is 0 Å². The van der Waals surface area contributed by atoms with E-state index in [4.69, 9.17) is 17.1 Å². The van der Waals surface area contributed by atoms with Crippen LogP contribution in [0.2, 0.25) is 0 Å². The second-order valence-electron chi connectivity index (χ2n) is 4.61. The number of hydrogen-bond donors (Lipinski definition) is 1. The molecule has 1 unspecified atom stereocenters. The second-order valence-corrected chi connectivity index (χ2v) is 4.61. The van der Waals surface area contributed by atoms with Crippen molar-refractivity contribution in [2.24, 2.45) is 0 Å². The summed E-state index contributed by atoms with van der Waals surface area (Å²) in [5.41, 5.74) is 7.16. The zero-order valence-electron chi connectivity index (χ0n) is 10.0. The van der Waals surface area contributed by atoms with E-state index in [2.05, 4.69) is 19.8 Å². The summed E-state index contributed by atoms with van der Waals surface area (Å²) in [5.74, 6) is 5.54. The van der Waals surface area contributed by atoms with Crippen LogP contribution in [-0.2, 0) is 6.54 Å². The smallest absolute Gasteiger partial charge is 0.127 e. The maximum absolute atomic E-state index is 6.14. The maximum Gasteiger partial charge on any atom is 0.127 e. The summed E-state index contributed by atoms with van der Waals surface area (Å²) in [6, 6.07) is 0. The van der Waals surface area contributed by atoms with Crippen LogP contribution in [0.3, 0.4) is 0 Å². The third kappa shape index (κ3) is 1.80. The van der Waals surface area contributed by atoms with Gasteiger partial charge in [0, 0.05) is 11.8 Å². The Morgan fingerprint density at radius 3 is 2.81 bits per heavy atom. The van der Waals surface area contributed by atoms with Crippen molar-refractivity contribution in [2.75, 3.05) is 5.73 Å². The number of terminal acetylenes is 1. The predicted octanol–water partition coefficient (Wildman–Crippen LogP) is 2.49. The molecule has 0 bridgehead atoms. The van der Waals surface area contributed by atoms with Gasteiger partial charge in [-0.1, -0.05) is 19.8 Å². The Morgan fingerprint density at radius 1 is 1.62 bits per heavy atom. The van der Waals surface area contributed by atoms with Gasteiger partial charge in [-0.15, -0.1) is 6.42 Å². The van der Waals surface area contributed by atoms with E-state index in [1.807, 2.05) is 4.57 Å². The van der Waals surface area contributed by atoms with Crippen LogP contribution < -0.4 is 5.73 Å². The zero-order valence-corrected chi connectivity index (χ0v) is 10.0. The Bertz CT molecular complexity index is 421. The second kappa shape index (κ2) is 4.21. The van der Waals surface area contributed by atoms with Gasteiger partial charge in [0.1, 0.15) is 11.6 Å². The zero-order chi connectivity index (χ0) is 11.7. The van der Waals surface area contributed by atoms with Gasteiger partial charge in [-0.3, -0.25) is 0 Å². The lowest BCUT2D eigenvalue weighted by molar-refractivity contribution is 0.711. The minimum atomic E-state index is 0.413. The highest BCUT2D eigenvalue weighted by molar-refractivity contribution is 5.42. The molecule has 0 aromatic carbocycles. The van der Waals surface area contributed by atoms with Gasteiger partial charge in [-0.25, -0.2) is 4.98 Å². The summed E-state index contributed by atoms with van der Waals surface area (Å²) in [6.07, 6.45) is 8.89. The van der Waals surface area contributed by atoms with Gasteiger partial charge in [0.25, 0.3) is 0 Å². The Labute approximate surface area is 97.1 Å². The Hall–Kier alpha value is -1.43. The molecule has 86 valence electrons. The summed E-state index contributed by atoms with van der Waals surface area (Å²) < 4.78 is 2.01. The highest BCUT2D eigenvalue weighted by Gasteiger charge is 2.31. The molecule has 1 aliphatic carbocycles. The first kappa shape index (κ1) is 11.1. The van der Waals surface area contributed by atoms with E-state index in [1.54, 1.807) is 0 Å². The lowest BCUT2D eigenvalue weighted by atomic mass is 10.1. The van der Waals surface area contributed by atoms with Crippen molar-refractivity contribution in [3.63, 3.8) is 0 Å². The fourth-order valence-electron chi connectivity index (χ4n) is 1.97. The van der Waals surface area contributed by atoms with E-state index < -0.39 is 0 Å². The first-order chi connectivity index (χ1) is 7.69. The topological polar surface area (TPSA) is 43.8 Å². The molecule has 0 aliphatic heterocycles. The average Bonchev–Trinajstić information content (AvgIpc) is 3.07. The lowest BCUT2D eigenvalue weighted by Crippen LogP contribution is -2.06. The molecule has 0 amide bonds. The van der Waals surface area contributed by atoms with Crippen LogP contribution in [0.5, 0.6) is 0 Å². The van der Waals surface area contributed by atoms with Gasteiger partial charge >= 0.3 is 0 Å². The van der Waals surface area contributed by atoms with Gasteiger partial charge in [0.15, 0.2) is 0 Å². The predicted molar refractivity (Wildman–Crippen MR) is 66.2 cm³/mol. The number of aromatic nitrogens is 2.